The van der Waals surface area contributed by atoms with Crippen LogP contribution in [-0.2, 0) is 30.3 Å². The van der Waals surface area contributed by atoms with Crippen LogP contribution in [0.2, 0.25) is 0 Å². The van der Waals surface area contributed by atoms with Crippen molar-refractivity contribution >= 4 is 27.0 Å². The van der Waals surface area contributed by atoms with Crippen LogP contribution >= 0.6 is 9.47 Å². The van der Waals surface area contributed by atoms with Crippen LogP contribution in [0.15, 0.2) is 30.3 Å². The van der Waals surface area contributed by atoms with Crippen LogP contribution in [0.25, 0.3) is 0 Å². The standard InChI is InChI=1S/C27H39F2O5P/c1-2-3-17-27(28,29)25(31)16-15-22-21(23(30)18-24(22)34-35)13-9-4-5-10-14-26(32)33-19-20-11-7-6-8-12-20/h6-8,11-12,21-22,24H,2-5,9-10,13-19,35H2,1H3/t21?,22-,24-/m1/s1. The zero-order valence-corrected chi connectivity index (χ0v) is 21.8. The number of ketones is 2. The van der Waals surface area contributed by atoms with E-state index in [4.69, 9.17) is 9.26 Å². The lowest BCUT2D eigenvalue weighted by Crippen LogP contribution is -2.30. The van der Waals surface area contributed by atoms with Gasteiger partial charge in [0.1, 0.15) is 12.4 Å². The number of ether oxygens (including phenoxy) is 1. The molecule has 4 atom stereocenters. The van der Waals surface area contributed by atoms with Gasteiger partial charge >= 0.3 is 11.9 Å². The summed E-state index contributed by atoms with van der Waals surface area (Å²) < 4.78 is 38.8. The van der Waals surface area contributed by atoms with E-state index < -0.39 is 18.1 Å². The lowest BCUT2D eigenvalue weighted by molar-refractivity contribution is -0.145. The van der Waals surface area contributed by atoms with E-state index in [2.05, 4.69) is 9.47 Å². The number of hydrogen-bond acceptors (Lipinski definition) is 5. The molecule has 0 saturated heterocycles. The van der Waals surface area contributed by atoms with Gasteiger partial charge in [0.15, 0.2) is 0 Å². The molecule has 0 bridgehead atoms. The van der Waals surface area contributed by atoms with Gasteiger partial charge in [0, 0.05) is 41.1 Å². The van der Waals surface area contributed by atoms with Gasteiger partial charge in [-0.05, 0) is 37.2 Å². The summed E-state index contributed by atoms with van der Waals surface area (Å²) in [5.74, 6) is -4.97. The summed E-state index contributed by atoms with van der Waals surface area (Å²) >= 11 is 0. The molecule has 1 aromatic carbocycles. The number of rotatable bonds is 17. The van der Waals surface area contributed by atoms with Crippen molar-refractivity contribution < 1.29 is 32.4 Å². The fourth-order valence-corrected chi connectivity index (χ4v) is 5.02. The van der Waals surface area contributed by atoms with Crippen molar-refractivity contribution in [2.45, 2.75) is 103 Å². The maximum atomic E-state index is 14.1. The van der Waals surface area contributed by atoms with Gasteiger partial charge in [-0.1, -0.05) is 62.9 Å². The maximum Gasteiger partial charge on any atom is 0.306 e. The third-order valence-electron chi connectivity index (χ3n) is 6.83. The molecule has 1 saturated carbocycles. The predicted octanol–water partition coefficient (Wildman–Crippen LogP) is 6.63. The lowest BCUT2D eigenvalue weighted by Gasteiger charge is -2.23. The molecule has 0 aromatic heterocycles. The van der Waals surface area contributed by atoms with Crippen molar-refractivity contribution in [2.75, 3.05) is 0 Å². The van der Waals surface area contributed by atoms with Gasteiger partial charge in [0.25, 0.3) is 0 Å². The molecule has 0 heterocycles. The van der Waals surface area contributed by atoms with Crippen molar-refractivity contribution in [3.8, 4) is 0 Å². The molecule has 196 valence electrons. The van der Waals surface area contributed by atoms with Gasteiger partial charge in [0.05, 0.1) is 6.10 Å². The predicted molar refractivity (Wildman–Crippen MR) is 134 cm³/mol. The molecule has 1 aliphatic carbocycles. The Morgan fingerprint density at radius 1 is 1.03 bits per heavy atom. The van der Waals surface area contributed by atoms with Gasteiger partial charge in [-0.3, -0.25) is 14.4 Å². The van der Waals surface area contributed by atoms with E-state index in [0.717, 1.165) is 24.8 Å². The Morgan fingerprint density at radius 2 is 1.74 bits per heavy atom. The number of unbranched alkanes of at least 4 members (excludes halogenated alkanes) is 4. The average Bonchev–Trinajstić information content (AvgIpc) is 3.16. The molecular formula is C27H39F2O5P. The molecule has 2 unspecified atom stereocenters. The second-order valence-electron chi connectivity index (χ2n) is 9.48. The summed E-state index contributed by atoms with van der Waals surface area (Å²) in [6.07, 6.45) is 4.64. The molecule has 0 amide bonds. The molecule has 2 rings (SSSR count). The van der Waals surface area contributed by atoms with Crippen LogP contribution in [0.3, 0.4) is 0 Å². The first-order chi connectivity index (χ1) is 16.8. The van der Waals surface area contributed by atoms with Gasteiger partial charge in [0.2, 0.25) is 5.78 Å². The van der Waals surface area contributed by atoms with Gasteiger partial charge < -0.3 is 9.26 Å². The molecule has 0 spiro atoms. The Bertz CT molecular complexity index is 802. The molecule has 8 heteroatoms. The van der Waals surface area contributed by atoms with Crippen LogP contribution in [-0.4, -0.2) is 29.6 Å². The van der Waals surface area contributed by atoms with E-state index in [1.807, 2.05) is 37.3 Å². The van der Waals surface area contributed by atoms with Crippen molar-refractivity contribution in [3.05, 3.63) is 35.9 Å². The van der Waals surface area contributed by atoms with Crippen molar-refractivity contribution in [1.82, 2.24) is 0 Å². The SMILES string of the molecule is CCCCC(F)(F)C(=O)CC[C@@H]1C(CCCCCCC(=O)OCc2ccccc2)C(=O)C[C@H]1OP. The Kier molecular flexibility index (Phi) is 13.0. The summed E-state index contributed by atoms with van der Waals surface area (Å²) in [7, 11) is 2.17. The number of esters is 1. The summed E-state index contributed by atoms with van der Waals surface area (Å²) in [6.45, 7) is 2.09. The Labute approximate surface area is 210 Å². The fraction of sp³-hybridized carbons (Fsp3) is 0.667. The summed E-state index contributed by atoms with van der Waals surface area (Å²) in [5, 5.41) is 0. The first kappa shape index (κ1) is 29.5. The van der Waals surface area contributed by atoms with Gasteiger partial charge in [-0.15, -0.1) is 0 Å². The van der Waals surface area contributed by atoms with E-state index in [1.54, 1.807) is 0 Å². The third-order valence-corrected chi connectivity index (χ3v) is 7.18. The second kappa shape index (κ2) is 15.4. The number of benzene rings is 1. The number of carbonyl (C=O) groups excluding carboxylic acids is 3. The topological polar surface area (TPSA) is 69.7 Å². The van der Waals surface area contributed by atoms with E-state index in [1.165, 1.54) is 0 Å². The summed E-state index contributed by atoms with van der Waals surface area (Å²) in [5.41, 5.74) is 0.954. The molecule has 35 heavy (non-hydrogen) atoms. The van der Waals surface area contributed by atoms with Crippen molar-refractivity contribution in [1.29, 1.82) is 0 Å². The van der Waals surface area contributed by atoms with Crippen LogP contribution < -0.4 is 0 Å². The van der Waals surface area contributed by atoms with Gasteiger partial charge in [-0.25, -0.2) is 0 Å². The highest BCUT2D eigenvalue weighted by Gasteiger charge is 2.44. The van der Waals surface area contributed by atoms with E-state index in [-0.39, 0.29) is 55.6 Å². The minimum absolute atomic E-state index is 0.0807. The third kappa shape index (κ3) is 10.0. The van der Waals surface area contributed by atoms with E-state index in [0.29, 0.717) is 32.1 Å². The molecule has 1 fully saturated rings. The number of hydrogen-bond donors (Lipinski definition) is 0. The first-order valence-corrected chi connectivity index (χ1v) is 13.2. The minimum Gasteiger partial charge on any atom is -0.461 e. The Morgan fingerprint density at radius 3 is 2.43 bits per heavy atom. The number of carbonyl (C=O) groups is 3. The Hall–Kier alpha value is -1.72. The second-order valence-corrected chi connectivity index (χ2v) is 9.76. The average molecular weight is 513 g/mol. The molecule has 1 aromatic rings. The fourth-order valence-electron chi connectivity index (χ4n) is 4.73. The van der Waals surface area contributed by atoms with E-state index >= 15 is 0 Å². The van der Waals surface area contributed by atoms with Crippen LogP contribution in [0.5, 0.6) is 0 Å². The molecule has 0 radical (unpaired) electrons. The minimum atomic E-state index is -3.30. The van der Waals surface area contributed by atoms with Crippen molar-refractivity contribution in [3.63, 3.8) is 0 Å². The number of alkyl halides is 2. The highest BCUT2D eigenvalue weighted by molar-refractivity contribution is 7.09. The van der Waals surface area contributed by atoms with Crippen LogP contribution in [0.4, 0.5) is 8.78 Å². The van der Waals surface area contributed by atoms with Crippen LogP contribution in [0.1, 0.15) is 89.5 Å². The van der Waals surface area contributed by atoms with Crippen LogP contribution in [0, 0.1) is 11.8 Å². The highest BCUT2D eigenvalue weighted by Crippen LogP contribution is 2.39. The molecule has 5 nitrogen and oxygen atoms in total. The van der Waals surface area contributed by atoms with Gasteiger partial charge in [-0.2, -0.15) is 8.78 Å². The highest BCUT2D eigenvalue weighted by atomic mass is 31.0. The number of halogens is 2. The summed E-state index contributed by atoms with van der Waals surface area (Å²) in [4.78, 5) is 36.6. The zero-order chi connectivity index (χ0) is 25.7. The maximum absolute atomic E-state index is 14.1. The molecule has 0 N–H and O–H groups in total. The molecule has 1 aliphatic rings. The number of Topliss-reactive ketones (excluding diaryl/α,β-unsaturated/α-hetero) is 2. The summed E-state index contributed by atoms with van der Waals surface area (Å²) in [6, 6.07) is 9.53. The molecule has 0 aliphatic heterocycles. The van der Waals surface area contributed by atoms with Crippen molar-refractivity contribution in [2.24, 2.45) is 11.8 Å². The Balaban J connectivity index is 1.70. The lowest BCUT2D eigenvalue weighted by atomic mass is 9.85. The molecular weight excluding hydrogens is 473 g/mol. The van der Waals surface area contributed by atoms with E-state index in [9.17, 15) is 23.2 Å². The smallest absolute Gasteiger partial charge is 0.306 e. The largest absolute Gasteiger partial charge is 0.461 e. The monoisotopic (exact) mass is 512 g/mol. The first-order valence-electron chi connectivity index (χ1n) is 12.8. The quantitative estimate of drug-likeness (QED) is 0.133. The zero-order valence-electron chi connectivity index (χ0n) is 20.7. The normalized spacial score (nSPS) is 20.2.